The Bertz CT molecular complexity index is 1300. The number of ether oxygens (including phenoxy) is 2. The summed E-state index contributed by atoms with van der Waals surface area (Å²) >= 11 is 0. The number of hydrogen-bond acceptors (Lipinski definition) is 9. The molecular formula is C24H21FN6O3. The van der Waals surface area contributed by atoms with Crippen molar-refractivity contribution in [2.24, 2.45) is 11.6 Å². The number of para-hydroxylation sites is 1. The second-order valence-electron chi connectivity index (χ2n) is 7.44. The Morgan fingerprint density at radius 1 is 0.971 bits per heavy atom. The number of aromatic nitrogens is 3. The molecular weight excluding hydrogens is 439 g/mol. The van der Waals surface area contributed by atoms with E-state index in [9.17, 15) is 4.39 Å². The lowest BCUT2D eigenvalue weighted by Gasteiger charge is -2.23. The number of hydrazine groups is 1. The van der Waals surface area contributed by atoms with Gasteiger partial charge in [0.1, 0.15) is 11.5 Å². The summed E-state index contributed by atoms with van der Waals surface area (Å²) in [6.45, 7) is 1.13. The van der Waals surface area contributed by atoms with Crippen LogP contribution >= 0.6 is 0 Å². The molecule has 0 amide bonds. The standard InChI is InChI=1S/C24H21FN6O3/c25-18-3-1-2-4-19(18)31(27)21(15-9-11-28-12-10-15)20(26)23-29-22(30-34-23)16-5-7-17(8-6-16)24-32-13-14-33-24/h1-12,24H,13-14,26-27H2/b21-20-. The van der Waals surface area contributed by atoms with E-state index in [-0.39, 0.29) is 29.3 Å². The van der Waals surface area contributed by atoms with Crippen LogP contribution in [0.2, 0.25) is 0 Å². The first-order valence-corrected chi connectivity index (χ1v) is 10.5. The number of pyridine rings is 1. The van der Waals surface area contributed by atoms with Gasteiger partial charge in [-0.05, 0) is 24.3 Å². The molecule has 1 saturated heterocycles. The van der Waals surface area contributed by atoms with Crippen molar-refractivity contribution in [3.05, 3.63) is 95.9 Å². The maximum Gasteiger partial charge on any atom is 0.276 e. The van der Waals surface area contributed by atoms with Crippen LogP contribution in [0.4, 0.5) is 10.1 Å². The largest absolute Gasteiger partial charge is 0.392 e. The van der Waals surface area contributed by atoms with Crippen LogP contribution in [0.25, 0.3) is 22.8 Å². The molecule has 1 aliphatic heterocycles. The summed E-state index contributed by atoms with van der Waals surface area (Å²) in [4.78, 5) is 8.46. The summed E-state index contributed by atoms with van der Waals surface area (Å²) in [6.07, 6.45) is 2.79. The van der Waals surface area contributed by atoms with Gasteiger partial charge in [0.15, 0.2) is 6.29 Å². The van der Waals surface area contributed by atoms with E-state index in [4.69, 9.17) is 25.6 Å². The predicted octanol–water partition coefficient (Wildman–Crippen LogP) is 3.48. The van der Waals surface area contributed by atoms with Crippen LogP contribution in [-0.4, -0.2) is 28.3 Å². The van der Waals surface area contributed by atoms with E-state index in [1.807, 2.05) is 24.3 Å². The lowest BCUT2D eigenvalue weighted by Crippen LogP contribution is -2.32. The number of rotatable bonds is 6. The highest BCUT2D eigenvalue weighted by Gasteiger charge is 2.23. The molecule has 0 spiro atoms. The molecule has 0 atom stereocenters. The van der Waals surface area contributed by atoms with Gasteiger partial charge in [0.05, 0.1) is 24.6 Å². The minimum absolute atomic E-state index is 0.0418. The Hall–Kier alpha value is -4.12. The van der Waals surface area contributed by atoms with Gasteiger partial charge in [-0.15, -0.1) is 0 Å². The third-order valence-electron chi connectivity index (χ3n) is 5.28. The van der Waals surface area contributed by atoms with Gasteiger partial charge >= 0.3 is 0 Å². The lowest BCUT2D eigenvalue weighted by atomic mass is 10.1. The average Bonchev–Trinajstić information content (AvgIpc) is 3.58. The van der Waals surface area contributed by atoms with Crippen molar-refractivity contribution in [2.75, 3.05) is 18.2 Å². The normalized spacial score (nSPS) is 14.8. The Morgan fingerprint density at radius 3 is 2.38 bits per heavy atom. The molecule has 5 rings (SSSR count). The molecule has 0 unspecified atom stereocenters. The van der Waals surface area contributed by atoms with Crippen molar-refractivity contribution < 1.29 is 18.4 Å². The van der Waals surface area contributed by atoms with E-state index in [0.717, 1.165) is 10.6 Å². The van der Waals surface area contributed by atoms with Gasteiger partial charge in [-0.2, -0.15) is 4.98 Å². The van der Waals surface area contributed by atoms with E-state index in [2.05, 4.69) is 15.1 Å². The number of nitrogens with two attached hydrogens (primary N) is 2. The Morgan fingerprint density at radius 2 is 1.68 bits per heavy atom. The third-order valence-corrected chi connectivity index (χ3v) is 5.28. The first-order valence-electron chi connectivity index (χ1n) is 10.5. The monoisotopic (exact) mass is 460 g/mol. The molecule has 4 N–H and O–H groups in total. The van der Waals surface area contributed by atoms with Gasteiger partial charge in [-0.1, -0.05) is 41.6 Å². The smallest absolute Gasteiger partial charge is 0.276 e. The Balaban J connectivity index is 1.51. The molecule has 3 heterocycles. The van der Waals surface area contributed by atoms with Crippen molar-refractivity contribution in [3.8, 4) is 11.4 Å². The lowest BCUT2D eigenvalue weighted by molar-refractivity contribution is -0.0441. The number of nitrogens with zero attached hydrogens (tertiary/aromatic N) is 4. The summed E-state index contributed by atoms with van der Waals surface area (Å²) in [5.74, 6) is 6.19. The highest BCUT2D eigenvalue weighted by molar-refractivity contribution is 5.93. The van der Waals surface area contributed by atoms with Crippen molar-refractivity contribution in [1.29, 1.82) is 0 Å². The number of halogens is 1. The van der Waals surface area contributed by atoms with E-state index in [1.165, 1.54) is 6.07 Å². The van der Waals surface area contributed by atoms with E-state index in [0.29, 0.717) is 30.2 Å². The highest BCUT2D eigenvalue weighted by Crippen LogP contribution is 2.30. The van der Waals surface area contributed by atoms with Gasteiger partial charge in [0.2, 0.25) is 5.82 Å². The molecule has 172 valence electrons. The summed E-state index contributed by atoms with van der Waals surface area (Å²) in [7, 11) is 0. The molecule has 0 aliphatic carbocycles. The van der Waals surface area contributed by atoms with Crippen LogP contribution in [0.15, 0.2) is 77.6 Å². The average molecular weight is 460 g/mol. The van der Waals surface area contributed by atoms with Crippen LogP contribution in [0, 0.1) is 5.82 Å². The van der Waals surface area contributed by atoms with Crippen LogP contribution in [0.3, 0.4) is 0 Å². The zero-order chi connectivity index (χ0) is 23.5. The van der Waals surface area contributed by atoms with E-state index < -0.39 is 5.82 Å². The zero-order valence-electron chi connectivity index (χ0n) is 18.0. The third kappa shape index (κ3) is 4.25. The Labute approximate surface area is 194 Å². The summed E-state index contributed by atoms with van der Waals surface area (Å²) < 4.78 is 31.0. The fourth-order valence-electron chi connectivity index (χ4n) is 3.59. The molecule has 1 aliphatic rings. The quantitative estimate of drug-likeness (QED) is 0.328. The van der Waals surface area contributed by atoms with Crippen LogP contribution < -0.4 is 16.6 Å². The molecule has 10 heteroatoms. The number of anilines is 1. The van der Waals surface area contributed by atoms with Crippen molar-refractivity contribution in [2.45, 2.75) is 6.29 Å². The molecule has 4 aromatic rings. The maximum atomic E-state index is 14.5. The first kappa shape index (κ1) is 21.7. The SMILES string of the molecule is N/C(=C(/c1ccncc1)N(N)c1ccccc1F)c1nc(-c2ccc(C3OCCO3)cc2)no1. The van der Waals surface area contributed by atoms with Gasteiger partial charge in [-0.3, -0.25) is 9.99 Å². The van der Waals surface area contributed by atoms with Crippen molar-refractivity contribution >= 4 is 17.1 Å². The predicted molar refractivity (Wildman–Crippen MR) is 123 cm³/mol. The molecule has 0 radical (unpaired) electrons. The second kappa shape index (κ2) is 9.40. The molecule has 0 saturated carbocycles. The molecule has 0 bridgehead atoms. The van der Waals surface area contributed by atoms with Crippen LogP contribution in [0.5, 0.6) is 0 Å². The highest BCUT2D eigenvalue weighted by atomic mass is 19.1. The van der Waals surface area contributed by atoms with Gasteiger partial charge < -0.3 is 19.7 Å². The van der Waals surface area contributed by atoms with Gasteiger partial charge in [0.25, 0.3) is 5.89 Å². The minimum atomic E-state index is -0.508. The molecule has 34 heavy (non-hydrogen) atoms. The molecule has 1 fully saturated rings. The van der Waals surface area contributed by atoms with Gasteiger partial charge in [0, 0.05) is 29.1 Å². The second-order valence-corrected chi connectivity index (χ2v) is 7.44. The summed E-state index contributed by atoms with van der Waals surface area (Å²) in [5, 5.41) is 5.20. The van der Waals surface area contributed by atoms with Crippen molar-refractivity contribution in [3.63, 3.8) is 0 Å². The number of benzene rings is 2. The van der Waals surface area contributed by atoms with E-state index >= 15 is 0 Å². The number of hydrogen-bond donors (Lipinski definition) is 2. The fourth-order valence-corrected chi connectivity index (χ4v) is 3.59. The topological polar surface area (TPSA) is 126 Å². The summed E-state index contributed by atoms with van der Waals surface area (Å²) in [6, 6.07) is 16.9. The molecule has 9 nitrogen and oxygen atoms in total. The molecule has 2 aromatic heterocycles. The fraction of sp³-hybridized carbons (Fsp3) is 0.125. The summed E-state index contributed by atoms with van der Waals surface area (Å²) in [5.41, 5.74) is 9.15. The minimum Gasteiger partial charge on any atom is -0.392 e. The van der Waals surface area contributed by atoms with Crippen LogP contribution in [-0.2, 0) is 9.47 Å². The first-order chi connectivity index (χ1) is 16.6. The zero-order valence-corrected chi connectivity index (χ0v) is 18.0. The van der Waals surface area contributed by atoms with Gasteiger partial charge in [-0.25, -0.2) is 10.2 Å². The maximum absolute atomic E-state index is 14.5. The van der Waals surface area contributed by atoms with Crippen LogP contribution in [0.1, 0.15) is 23.3 Å². The molecule has 2 aromatic carbocycles. The van der Waals surface area contributed by atoms with Crippen molar-refractivity contribution in [1.82, 2.24) is 15.1 Å². The van der Waals surface area contributed by atoms with E-state index in [1.54, 1.807) is 42.7 Å². The Kier molecular flexibility index (Phi) is 6.00.